The Morgan fingerprint density at radius 2 is 1.07 bits per heavy atom. The molecule has 0 unspecified atom stereocenters. The minimum Gasteiger partial charge on any atom is -0.0978 e. The van der Waals surface area contributed by atoms with Gasteiger partial charge in [-0.15, -0.1) is 0 Å². The van der Waals surface area contributed by atoms with E-state index in [2.05, 4.69) is 61.9 Å². The zero-order valence-corrected chi connectivity index (χ0v) is 11.5. The molecule has 0 nitrogen and oxygen atoms in total. The Hall–Kier alpha value is -0.606. The molecule has 0 saturated carbocycles. The maximum absolute atomic E-state index is 2.53. The van der Waals surface area contributed by atoms with Crippen LogP contribution in [0.15, 0.2) is 35.7 Å². The number of hydrogen-bond donors (Lipinski definition) is 0. The van der Waals surface area contributed by atoms with E-state index in [1.54, 1.807) is 10.4 Å². The molecule has 1 aliphatic heterocycles. The normalized spacial score (nSPS) is 21.7. The van der Waals surface area contributed by atoms with Crippen molar-refractivity contribution in [3.63, 3.8) is 0 Å². The third-order valence-electron chi connectivity index (χ3n) is 3.23. The topological polar surface area (TPSA) is 0 Å². The van der Waals surface area contributed by atoms with Gasteiger partial charge in [0.15, 0.2) is 0 Å². The average Bonchev–Trinajstić information content (AvgIpc) is 2.14. The second-order valence-corrected chi connectivity index (χ2v) is 14.0. The van der Waals surface area contributed by atoms with Crippen LogP contribution in [-0.2, 0) is 0 Å². The van der Waals surface area contributed by atoms with Gasteiger partial charge in [-0.1, -0.05) is 72.2 Å². The van der Waals surface area contributed by atoms with E-state index in [-0.39, 0.29) is 0 Å². The number of rotatable bonds is 0. The fraction of sp³-hybridized carbons (Fsp3) is 0.333. The Labute approximate surface area is 88.7 Å². The zero-order chi connectivity index (χ0) is 10.4. The molecule has 1 aromatic carbocycles. The monoisotopic (exact) mass is 218 g/mol. The molecule has 0 bridgehead atoms. The molecule has 0 aliphatic carbocycles. The first kappa shape index (κ1) is 9.93. The van der Waals surface area contributed by atoms with Crippen molar-refractivity contribution in [2.45, 2.75) is 26.2 Å². The summed E-state index contributed by atoms with van der Waals surface area (Å²) in [5.74, 6) is 0. The van der Waals surface area contributed by atoms with Crippen LogP contribution in [0, 0.1) is 0 Å². The fourth-order valence-corrected chi connectivity index (χ4v) is 10.4. The van der Waals surface area contributed by atoms with Crippen LogP contribution in [0.3, 0.4) is 0 Å². The molecule has 0 spiro atoms. The van der Waals surface area contributed by atoms with Gasteiger partial charge in [0.2, 0.25) is 0 Å². The Morgan fingerprint density at radius 3 is 1.43 bits per heavy atom. The summed E-state index contributed by atoms with van der Waals surface area (Å²) >= 11 is 0. The lowest BCUT2D eigenvalue weighted by Crippen LogP contribution is -2.61. The molecule has 14 heavy (non-hydrogen) atoms. The van der Waals surface area contributed by atoms with Crippen molar-refractivity contribution in [3.05, 3.63) is 35.7 Å². The largest absolute Gasteiger partial charge is 0.103 e. The molecule has 1 aliphatic rings. The molecule has 1 aromatic rings. The van der Waals surface area contributed by atoms with Crippen molar-refractivity contribution < 1.29 is 0 Å². The quantitative estimate of drug-likeness (QED) is 0.586. The predicted octanol–water partition coefficient (Wildman–Crippen LogP) is 2.17. The minimum absolute atomic E-state index is 1.25. The maximum atomic E-state index is 2.53. The van der Waals surface area contributed by atoms with Crippen LogP contribution in [0.4, 0.5) is 0 Å². The lowest BCUT2D eigenvalue weighted by molar-refractivity contribution is 1.68. The van der Waals surface area contributed by atoms with Crippen LogP contribution < -0.4 is 10.4 Å². The Morgan fingerprint density at radius 1 is 0.714 bits per heavy atom. The van der Waals surface area contributed by atoms with Gasteiger partial charge < -0.3 is 0 Å². The lowest BCUT2D eigenvalue weighted by Gasteiger charge is -2.34. The van der Waals surface area contributed by atoms with Gasteiger partial charge in [0.1, 0.15) is 16.1 Å². The average molecular weight is 218 g/mol. The van der Waals surface area contributed by atoms with E-state index < -0.39 is 16.1 Å². The smallest absolute Gasteiger partial charge is 0.0978 e. The van der Waals surface area contributed by atoms with E-state index in [0.717, 1.165) is 0 Å². The summed E-state index contributed by atoms with van der Waals surface area (Å²) in [7, 11) is -2.49. The first-order valence-electron chi connectivity index (χ1n) is 5.24. The highest BCUT2D eigenvalue weighted by Gasteiger charge is 2.34. The Balaban J connectivity index is 2.68. The molecule has 0 amide bonds. The summed E-state index contributed by atoms with van der Waals surface area (Å²) in [5, 5.41) is 3.33. The van der Waals surface area contributed by atoms with E-state index in [1.165, 1.54) is 0 Å². The van der Waals surface area contributed by atoms with Crippen LogP contribution in [0.2, 0.25) is 26.2 Å². The standard InChI is InChI=1S/C12H18Si2/c1-13(2)9-10-14(3,4)12-8-6-5-7-11(12)13/h5-10H,1-4H3. The Kier molecular flexibility index (Phi) is 2.09. The van der Waals surface area contributed by atoms with E-state index in [0.29, 0.717) is 0 Å². The van der Waals surface area contributed by atoms with Crippen molar-refractivity contribution in [2.75, 3.05) is 0 Å². The van der Waals surface area contributed by atoms with Gasteiger partial charge in [-0.3, -0.25) is 0 Å². The zero-order valence-electron chi connectivity index (χ0n) is 9.46. The first-order valence-corrected chi connectivity index (χ1v) is 11.4. The molecule has 0 saturated heterocycles. The number of hydrogen-bond acceptors (Lipinski definition) is 0. The maximum Gasteiger partial charge on any atom is 0.103 e. The van der Waals surface area contributed by atoms with Gasteiger partial charge in [-0.05, 0) is 0 Å². The number of benzene rings is 1. The van der Waals surface area contributed by atoms with Crippen molar-refractivity contribution in [2.24, 2.45) is 0 Å². The molecule has 2 rings (SSSR count). The molecule has 0 aromatic heterocycles. The van der Waals surface area contributed by atoms with Gasteiger partial charge >= 0.3 is 0 Å². The third-order valence-corrected chi connectivity index (χ3v) is 9.46. The molecule has 1 heterocycles. The molecule has 0 radical (unpaired) electrons. The molecule has 2 heteroatoms. The first-order chi connectivity index (χ1) is 6.43. The van der Waals surface area contributed by atoms with E-state index in [1.807, 2.05) is 0 Å². The van der Waals surface area contributed by atoms with Gasteiger partial charge in [0.25, 0.3) is 0 Å². The lowest BCUT2D eigenvalue weighted by atomic mass is 10.4. The second kappa shape index (κ2) is 2.94. The molecular formula is C12H18Si2. The number of fused-ring (bicyclic) bond motifs is 1. The van der Waals surface area contributed by atoms with Gasteiger partial charge in [0, 0.05) is 0 Å². The summed E-state index contributed by atoms with van der Waals surface area (Å²) in [4.78, 5) is 0. The predicted molar refractivity (Wildman–Crippen MR) is 69.8 cm³/mol. The summed E-state index contributed by atoms with van der Waals surface area (Å²) in [5.41, 5.74) is 5.06. The fourth-order valence-electron chi connectivity index (χ4n) is 2.20. The van der Waals surface area contributed by atoms with Gasteiger partial charge in [0.05, 0.1) is 0 Å². The highest BCUT2D eigenvalue weighted by atomic mass is 28.3. The highest BCUT2D eigenvalue weighted by molar-refractivity contribution is 7.07. The molecule has 74 valence electrons. The van der Waals surface area contributed by atoms with Crippen LogP contribution in [0.1, 0.15) is 0 Å². The van der Waals surface area contributed by atoms with E-state index in [4.69, 9.17) is 0 Å². The van der Waals surface area contributed by atoms with Crippen molar-refractivity contribution in [1.29, 1.82) is 0 Å². The molecule has 0 fully saturated rings. The summed E-state index contributed by atoms with van der Waals surface area (Å²) in [6, 6.07) is 9.08. The minimum atomic E-state index is -1.25. The summed E-state index contributed by atoms with van der Waals surface area (Å²) in [6.07, 6.45) is 0. The summed E-state index contributed by atoms with van der Waals surface area (Å²) in [6.45, 7) is 9.75. The second-order valence-electron chi connectivity index (χ2n) is 5.32. The van der Waals surface area contributed by atoms with Crippen molar-refractivity contribution >= 4 is 26.5 Å². The highest BCUT2D eigenvalue weighted by Crippen LogP contribution is 2.15. The van der Waals surface area contributed by atoms with Crippen molar-refractivity contribution in [3.8, 4) is 0 Å². The van der Waals surface area contributed by atoms with Crippen LogP contribution in [0.5, 0.6) is 0 Å². The molecule has 0 atom stereocenters. The van der Waals surface area contributed by atoms with Crippen LogP contribution >= 0.6 is 0 Å². The molecule has 0 N–H and O–H groups in total. The van der Waals surface area contributed by atoms with Crippen LogP contribution in [0.25, 0.3) is 0 Å². The van der Waals surface area contributed by atoms with Crippen molar-refractivity contribution in [1.82, 2.24) is 0 Å². The van der Waals surface area contributed by atoms with Crippen LogP contribution in [-0.4, -0.2) is 16.1 Å². The van der Waals surface area contributed by atoms with Gasteiger partial charge in [-0.2, -0.15) is 0 Å². The molecular weight excluding hydrogens is 200 g/mol. The SMILES string of the molecule is C[Si]1(C)C=C[Si](C)(C)c2ccccc21. The van der Waals surface area contributed by atoms with Gasteiger partial charge in [-0.25, -0.2) is 0 Å². The van der Waals surface area contributed by atoms with E-state index >= 15 is 0 Å². The summed E-state index contributed by atoms with van der Waals surface area (Å²) < 4.78 is 0. The third kappa shape index (κ3) is 1.42. The van der Waals surface area contributed by atoms with E-state index in [9.17, 15) is 0 Å². The Bertz CT molecular complexity index is 352.